The Labute approximate surface area is 182 Å². The lowest BCUT2D eigenvalue weighted by Gasteiger charge is -2.41. The smallest absolute Gasteiger partial charge is 0.408 e. The first-order valence-electron chi connectivity index (χ1n) is 10.2. The van der Waals surface area contributed by atoms with Gasteiger partial charge in [-0.3, -0.25) is 4.79 Å². The molecule has 2 N–H and O–H groups in total. The molecule has 174 valence electrons. The zero-order chi connectivity index (χ0) is 23.8. The lowest BCUT2D eigenvalue weighted by atomic mass is 9.84. The van der Waals surface area contributed by atoms with Gasteiger partial charge in [0.15, 0.2) is 0 Å². The van der Waals surface area contributed by atoms with Crippen LogP contribution in [0.5, 0.6) is 0 Å². The molecule has 0 radical (unpaired) electrons. The fourth-order valence-electron chi connectivity index (χ4n) is 3.31. The third kappa shape index (κ3) is 7.76. The number of carbonyl (C=O) groups excluding carboxylic acids is 3. The third-order valence-corrected chi connectivity index (χ3v) is 4.64. The van der Waals surface area contributed by atoms with Crippen molar-refractivity contribution >= 4 is 18.0 Å². The highest BCUT2D eigenvalue weighted by Gasteiger charge is 2.45. The van der Waals surface area contributed by atoms with E-state index in [9.17, 15) is 14.4 Å². The van der Waals surface area contributed by atoms with Gasteiger partial charge in [-0.25, -0.2) is 9.59 Å². The van der Waals surface area contributed by atoms with Crippen LogP contribution < -0.4 is 10.6 Å². The van der Waals surface area contributed by atoms with Crippen molar-refractivity contribution in [2.75, 3.05) is 7.11 Å². The van der Waals surface area contributed by atoms with Crippen molar-refractivity contribution in [1.29, 1.82) is 0 Å². The van der Waals surface area contributed by atoms with Gasteiger partial charge in [-0.15, -0.1) is 0 Å². The van der Waals surface area contributed by atoms with Crippen molar-refractivity contribution in [3.8, 4) is 0 Å². The van der Waals surface area contributed by atoms with E-state index in [4.69, 9.17) is 19.7 Å². The number of carbonyl (C=O) groups is 3. The molecular formula is C20H33N5O6. The minimum Gasteiger partial charge on any atom is -0.466 e. The number of azide groups is 1. The molecule has 0 unspecified atom stereocenters. The molecular weight excluding hydrogens is 406 g/mol. The second-order valence-corrected chi connectivity index (χ2v) is 8.20. The third-order valence-electron chi connectivity index (χ3n) is 4.64. The Kier molecular flexibility index (Phi) is 9.80. The van der Waals surface area contributed by atoms with Gasteiger partial charge in [0.05, 0.1) is 37.4 Å². The minimum absolute atomic E-state index is 0.0268. The van der Waals surface area contributed by atoms with Crippen LogP contribution >= 0.6 is 0 Å². The van der Waals surface area contributed by atoms with Crippen molar-refractivity contribution in [2.24, 2.45) is 5.11 Å². The molecule has 11 nitrogen and oxygen atoms in total. The molecule has 0 saturated heterocycles. The second kappa shape index (κ2) is 11.6. The average Bonchev–Trinajstić information content (AvgIpc) is 2.67. The summed E-state index contributed by atoms with van der Waals surface area (Å²) in [6.07, 6.45) is 0.828. The van der Waals surface area contributed by atoms with Crippen molar-refractivity contribution < 1.29 is 28.6 Å². The zero-order valence-corrected chi connectivity index (χ0v) is 19.2. The maximum absolute atomic E-state index is 12.5. The number of hydrogen-bond donors (Lipinski definition) is 2. The van der Waals surface area contributed by atoms with Gasteiger partial charge >= 0.3 is 12.1 Å². The maximum Gasteiger partial charge on any atom is 0.408 e. The molecule has 0 heterocycles. The topological polar surface area (TPSA) is 152 Å². The van der Waals surface area contributed by atoms with Gasteiger partial charge in [-0.1, -0.05) is 19.0 Å². The van der Waals surface area contributed by atoms with E-state index in [-0.39, 0.29) is 17.6 Å². The average molecular weight is 440 g/mol. The molecule has 31 heavy (non-hydrogen) atoms. The first-order valence-corrected chi connectivity index (χ1v) is 10.2. The van der Waals surface area contributed by atoms with Gasteiger partial charge < -0.3 is 24.8 Å². The summed E-state index contributed by atoms with van der Waals surface area (Å²) in [7, 11) is 1.20. The van der Waals surface area contributed by atoms with Gasteiger partial charge in [-0.05, 0) is 45.2 Å². The molecule has 1 aliphatic carbocycles. The Morgan fingerprint density at radius 2 is 1.84 bits per heavy atom. The number of esters is 1. The predicted molar refractivity (Wildman–Crippen MR) is 113 cm³/mol. The lowest BCUT2D eigenvalue weighted by molar-refractivity contribution is -0.137. The highest BCUT2D eigenvalue weighted by molar-refractivity contribution is 5.91. The van der Waals surface area contributed by atoms with Gasteiger partial charge in [0, 0.05) is 17.4 Å². The summed E-state index contributed by atoms with van der Waals surface area (Å²) in [6.45, 7) is 10.3. The SMILES string of the molecule is CCC(CC)O[C@H]1[C@H](NC(C)=O)[C@@H](NC(=O)OC(C)(C)C)C=C(C(=O)OC)[C@H]1N=[N+]=[N-]. The van der Waals surface area contributed by atoms with E-state index in [1.165, 1.54) is 20.1 Å². The van der Waals surface area contributed by atoms with Crippen LogP contribution in [0.2, 0.25) is 0 Å². The number of rotatable bonds is 8. The minimum atomic E-state index is -1.06. The second-order valence-electron chi connectivity index (χ2n) is 8.20. The van der Waals surface area contributed by atoms with Crippen molar-refractivity contribution in [3.63, 3.8) is 0 Å². The first kappa shape index (κ1) is 26.3. The highest BCUT2D eigenvalue weighted by atomic mass is 16.6. The van der Waals surface area contributed by atoms with Crippen LogP contribution in [-0.2, 0) is 23.8 Å². The van der Waals surface area contributed by atoms with E-state index in [1.54, 1.807) is 20.8 Å². The van der Waals surface area contributed by atoms with E-state index in [1.807, 2.05) is 13.8 Å². The molecule has 0 bridgehead atoms. The Morgan fingerprint density at radius 3 is 2.29 bits per heavy atom. The van der Waals surface area contributed by atoms with Crippen LogP contribution in [0, 0.1) is 0 Å². The van der Waals surface area contributed by atoms with Gasteiger partial charge in [0.1, 0.15) is 5.60 Å². The normalized spacial score (nSPS) is 23.3. The van der Waals surface area contributed by atoms with E-state index >= 15 is 0 Å². The van der Waals surface area contributed by atoms with Crippen LogP contribution in [-0.4, -0.2) is 61.0 Å². The monoisotopic (exact) mass is 439 g/mol. The molecule has 0 aliphatic heterocycles. The molecule has 2 amide bonds. The number of hydrogen-bond acceptors (Lipinski definition) is 7. The number of nitrogens with one attached hydrogen (secondary N) is 2. The van der Waals surface area contributed by atoms with Crippen LogP contribution in [0.15, 0.2) is 16.8 Å². The summed E-state index contributed by atoms with van der Waals surface area (Å²) < 4.78 is 16.3. The van der Waals surface area contributed by atoms with Crippen LogP contribution in [0.3, 0.4) is 0 Å². The lowest BCUT2D eigenvalue weighted by Crippen LogP contribution is -2.63. The Bertz CT molecular complexity index is 737. The number of methoxy groups -OCH3 is 1. The fraction of sp³-hybridized carbons (Fsp3) is 0.750. The fourth-order valence-corrected chi connectivity index (χ4v) is 3.31. The zero-order valence-electron chi connectivity index (χ0n) is 19.2. The quantitative estimate of drug-likeness (QED) is 0.257. The molecule has 0 fully saturated rings. The number of ether oxygens (including phenoxy) is 3. The molecule has 0 aromatic rings. The Balaban J connectivity index is 3.51. The van der Waals surface area contributed by atoms with Crippen LogP contribution in [0.1, 0.15) is 54.4 Å². The summed E-state index contributed by atoms with van der Waals surface area (Å²) in [6, 6.07) is -2.77. The predicted octanol–water partition coefficient (Wildman–Crippen LogP) is 2.75. The van der Waals surface area contributed by atoms with Gasteiger partial charge in [-0.2, -0.15) is 0 Å². The molecule has 1 aliphatic rings. The largest absolute Gasteiger partial charge is 0.466 e. The molecule has 11 heteroatoms. The molecule has 0 spiro atoms. The molecule has 0 aromatic carbocycles. The molecule has 1 rings (SSSR count). The van der Waals surface area contributed by atoms with E-state index in [0.29, 0.717) is 12.8 Å². The van der Waals surface area contributed by atoms with Crippen LogP contribution in [0.4, 0.5) is 4.79 Å². The Hall–Kier alpha value is -2.78. The Morgan fingerprint density at radius 1 is 1.23 bits per heavy atom. The summed E-state index contributed by atoms with van der Waals surface area (Å²) in [4.78, 5) is 39.7. The van der Waals surface area contributed by atoms with Gasteiger partial charge in [0.25, 0.3) is 0 Å². The number of nitrogens with zero attached hydrogens (tertiary/aromatic N) is 3. The van der Waals surface area contributed by atoms with Crippen molar-refractivity contribution in [1.82, 2.24) is 10.6 Å². The molecule has 0 aromatic heterocycles. The standard InChI is InChI=1S/C20H33N5O6/c1-8-12(9-2)30-17-15(24-25-21)13(18(27)29-7)10-14(16(17)22-11(3)26)23-19(28)31-20(4,5)6/h10,12,14-17H,8-9H2,1-7H3,(H,22,26)(H,23,28)/t14-,15+,16+,17+/m0/s1. The first-order chi connectivity index (χ1) is 14.5. The van der Waals surface area contributed by atoms with Gasteiger partial charge in [0.2, 0.25) is 5.91 Å². The highest BCUT2D eigenvalue weighted by Crippen LogP contribution is 2.29. The molecule has 4 atom stereocenters. The van der Waals surface area contributed by atoms with Crippen molar-refractivity contribution in [3.05, 3.63) is 22.1 Å². The summed E-state index contributed by atoms with van der Waals surface area (Å²) in [5.74, 6) is -1.11. The molecule has 0 saturated carbocycles. The van der Waals surface area contributed by atoms with E-state index < -0.39 is 41.9 Å². The van der Waals surface area contributed by atoms with Crippen LogP contribution in [0.25, 0.3) is 10.4 Å². The van der Waals surface area contributed by atoms with E-state index in [0.717, 1.165) is 0 Å². The summed E-state index contributed by atoms with van der Waals surface area (Å²) >= 11 is 0. The van der Waals surface area contributed by atoms with Crippen molar-refractivity contribution in [2.45, 2.75) is 90.3 Å². The summed E-state index contributed by atoms with van der Waals surface area (Å²) in [5.41, 5.74) is 8.38. The summed E-state index contributed by atoms with van der Waals surface area (Å²) in [5, 5.41) is 9.18. The van der Waals surface area contributed by atoms with E-state index in [2.05, 4.69) is 20.7 Å². The number of alkyl carbamates (subject to hydrolysis) is 1. The maximum atomic E-state index is 12.5. The number of amides is 2.